The van der Waals surface area contributed by atoms with Crippen molar-refractivity contribution in [1.29, 1.82) is 0 Å². The van der Waals surface area contributed by atoms with Gasteiger partial charge < -0.3 is 0 Å². The first kappa shape index (κ1) is 17.6. The summed E-state index contributed by atoms with van der Waals surface area (Å²) in [5.74, 6) is -0.193. The first-order valence-corrected chi connectivity index (χ1v) is 9.91. The van der Waals surface area contributed by atoms with Gasteiger partial charge in [-0.25, -0.2) is 5.43 Å². The SMILES string of the molecule is O=C(NN=Cc1cccs1)c1ccc(CN2CCc3ccccc3C2)cc1. The highest BCUT2D eigenvalue weighted by atomic mass is 32.1. The van der Waals surface area contributed by atoms with Crippen LogP contribution in [0.5, 0.6) is 0 Å². The molecule has 0 aliphatic carbocycles. The summed E-state index contributed by atoms with van der Waals surface area (Å²) in [4.78, 5) is 15.6. The van der Waals surface area contributed by atoms with Gasteiger partial charge in [-0.05, 0) is 46.7 Å². The van der Waals surface area contributed by atoms with Gasteiger partial charge in [-0.1, -0.05) is 42.5 Å². The normalized spacial score (nSPS) is 14.2. The van der Waals surface area contributed by atoms with E-state index >= 15 is 0 Å². The van der Waals surface area contributed by atoms with E-state index in [-0.39, 0.29) is 5.91 Å². The van der Waals surface area contributed by atoms with E-state index < -0.39 is 0 Å². The molecule has 136 valence electrons. The molecule has 1 aromatic heterocycles. The Kier molecular flexibility index (Phi) is 5.42. The summed E-state index contributed by atoms with van der Waals surface area (Å²) in [6, 6.07) is 20.3. The highest BCUT2D eigenvalue weighted by Crippen LogP contribution is 2.20. The minimum Gasteiger partial charge on any atom is -0.294 e. The minimum absolute atomic E-state index is 0.193. The molecule has 1 amide bonds. The van der Waals surface area contributed by atoms with Crippen molar-refractivity contribution in [3.8, 4) is 0 Å². The number of hydrogen-bond acceptors (Lipinski definition) is 4. The molecule has 2 aromatic carbocycles. The zero-order valence-electron chi connectivity index (χ0n) is 15.0. The highest BCUT2D eigenvalue weighted by Gasteiger charge is 2.15. The Bertz CT molecular complexity index is 932. The predicted molar refractivity (Wildman–Crippen MR) is 110 cm³/mol. The monoisotopic (exact) mass is 375 g/mol. The number of carbonyl (C=O) groups is 1. The van der Waals surface area contributed by atoms with Crippen molar-refractivity contribution < 1.29 is 4.79 Å². The molecule has 27 heavy (non-hydrogen) atoms. The van der Waals surface area contributed by atoms with Crippen molar-refractivity contribution in [2.24, 2.45) is 5.10 Å². The third kappa shape index (κ3) is 4.51. The number of carbonyl (C=O) groups excluding carboxylic acids is 1. The molecular weight excluding hydrogens is 354 g/mol. The Morgan fingerprint density at radius 3 is 2.67 bits per heavy atom. The van der Waals surface area contributed by atoms with Gasteiger partial charge in [0.2, 0.25) is 0 Å². The number of nitrogens with zero attached hydrogens (tertiary/aromatic N) is 2. The van der Waals surface area contributed by atoms with Crippen molar-refractivity contribution in [3.63, 3.8) is 0 Å². The van der Waals surface area contributed by atoms with E-state index in [0.29, 0.717) is 5.56 Å². The van der Waals surface area contributed by atoms with Crippen LogP contribution in [0.3, 0.4) is 0 Å². The molecule has 0 radical (unpaired) electrons. The van der Waals surface area contributed by atoms with Gasteiger partial charge >= 0.3 is 0 Å². The quantitative estimate of drug-likeness (QED) is 0.540. The molecule has 5 heteroatoms. The number of benzene rings is 2. The van der Waals surface area contributed by atoms with Gasteiger partial charge in [-0.2, -0.15) is 5.10 Å². The first-order valence-electron chi connectivity index (χ1n) is 9.03. The summed E-state index contributed by atoms with van der Waals surface area (Å²) in [6.45, 7) is 2.94. The van der Waals surface area contributed by atoms with Gasteiger partial charge in [0.1, 0.15) is 0 Å². The molecule has 4 rings (SSSR count). The zero-order valence-corrected chi connectivity index (χ0v) is 15.8. The number of hydrogen-bond donors (Lipinski definition) is 1. The van der Waals surface area contributed by atoms with E-state index in [4.69, 9.17) is 0 Å². The number of amides is 1. The second-order valence-corrected chi connectivity index (χ2v) is 7.62. The summed E-state index contributed by atoms with van der Waals surface area (Å²) in [6.07, 6.45) is 2.75. The number of thiophene rings is 1. The van der Waals surface area contributed by atoms with Gasteiger partial charge in [-0.15, -0.1) is 11.3 Å². The Morgan fingerprint density at radius 1 is 1.07 bits per heavy atom. The van der Waals surface area contributed by atoms with Crippen molar-refractivity contribution in [3.05, 3.63) is 93.2 Å². The van der Waals surface area contributed by atoms with Crippen LogP contribution in [0.1, 0.15) is 31.9 Å². The van der Waals surface area contributed by atoms with Crippen molar-refractivity contribution in [2.45, 2.75) is 19.5 Å². The maximum absolute atomic E-state index is 12.2. The van der Waals surface area contributed by atoms with Crippen LogP contribution in [0.2, 0.25) is 0 Å². The molecular formula is C22H21N3OS. The topological polar surface area (TPSA) is 44.7 Å². The summed E-state index contributed by atoms with van der Waals surface area (Å²) < 4.78 is 0. The van der Waals surface area contributed by atoms with E-state index in [0.717, 1.165) is 30.9 Å². The maximum Gasteiger partial charge on any atom is 0.271 e. The van der Waals surface area contributed by atoms with E-state index in [1.807, 2.05) is 41.8 Å². The van der Waals surface area contributed by atoms with Crippen LogP contribution in [-0.2, 0) is 19.5 Å². The molecule has 1 aliphatic heterocycles. The number of nitrogens with one attached hydrogen (secondary N) is 1. The van der Waals surface area contributed by atoms with Crippen molar-refractivity contribution in [2.75, 3.05) is 6.54 Å². The molecule has 0 atom stereocenters. The zero-order chi connectivity index (χ0) is 18.5. The lowest BCUT2D eigenvalue weighted by Gasteiger charge is -2.28. The largest absolute Gasteiger partial charge is 0.294 e. The Labute approximate surface area is 163 Å². The first-order chi connectivity index (χ1) is 13.3. The van der Waals surface area contributed by atoms with Crippen molar-refractivity contribution >= 4 is 23.5 Å². The van der Waals surface area contributed by atoms with Crippen LogP contribution in [0.4, 0.5) is 0 Å². The summed E-state index contributed by atoms with van der Waals surface area (Å²) in [7, 11) is 0. The third-order valence-corrected chi connectivity index (χ3v) is 5.54. The summed E-state index contributed by atoms with van der Waals surface area (Å²) in [5, 5.41) is 5.98. The van der Waals surface area contributed by atoms with E-state index in [2.05, 4.69) is 39.7 Å². The number of rotatable bonds is 5. The Hall–Kier alpha value is -2.76. The highest BCUT2D eigenvalue weighted by molar-refractivity contribution is 7.11. The molecule has 3 aromatic rings. The van der Waals surface area contributed by atoms with Gasteiger partial charge in [0.25, 0.3) is 5.91 Å². The molecule has 0 spiro atoms. The number of fused-ring (bicyclic) bond motifs is 1. The van der Waals surface area contributed by atoms with Crippen LogP contribution >= 0.6 is 11.3 Å². The Morgan fingerprint density at radius 2 is 1.89 bits per heavy atom. The lowest BCUT2D eigenvalue weighted by Crippen LogP contribution is -2.30. The average molecular weight is 375 g/mol. The van der Waals surface area contributed by atoms with Crippen molar-refractivity contribution in [1.82, 2.24) is 10.3 Å². The molecule has 0 fully saturated rings. The van der Waals surface area contributed by atoms with E-state index in [1.54, 1.807) is 17.6 Å². The fraction of sp³-hybridized carbons (Fsp3) is 0.182. The average Bonchev–Trinajstić information content (AvgIpc) is 3.22. The minimum atomic E-state index is -0.193. The fourth-order valence-electron chi connectivity index (χ4n) is 3.29. The molecule has 0 saturated carbocycles. The van der Waals surface area contributed by atoms with Gasteiger partial charge in [-0.3, -0.25) is 9.69 Å². The fourth-order valence-corrected chi connectivity index (χ4v) is 3.88. The van der Waals surface area contributed by atoms with Gasteiger partial charge in [0.15, 0.2) is 0 Å². The van der Waals surface area contributed by atoms with Crippen LogP contribution in [0, 0.1) is 0 Å². The molecule has 0 bridgehead atoms. The summed E-state index contributed by atoms with van der Waals surface area (Å²) >= 11 is 1.58. The third-order valence-electron chi connectivity index (χ3n) is 4.73. The molecule has 2 heterocycles. The van der Waals surface area contributed by atoms with Crippen LogP contribution in [0.25, 0.3) is 0 Å². The molecule has 0 saturated heterocycles. The Balaban J connectivity index is 1.33. The predicted octanol–water partition coefficient (Wildman–Crippen LogP) is 4.07. The van der Waals surface area contributed by atoms with E-state index in [9.17, 15) is 4.79 Å². The van der Waals surface area contributed by atoms with Crippen LogP contribution < -0.4 is 5.43 Å². The molecule has 1 N–H and O–H groups in total. The second kappa shape index (κ2) is 8.29. The van der Waals surface area contributed by atoms with E-state index in [1.165, 1.54) is 16.7 Å². The lowest BCUT2D eigenvalue weighted by atomic mass is 9.99. The lowest BCUT2D eigenvalue weighted by molar-refractivity contribution is 0.0955. The maximum atomic E-state index is 12.2. The smallest absolute Gasteiger partial charge is 0.271 e. The van der Waals surface area contributed by atoms with Gasteiger partial charge in [0, 0.05) is 30.1 Å². The molecule has 0 unspecified atom stereocenters. The molecule has 4 nitrogen and oxygen atoms in total. The number of hydrazone groups is 1. The van der Waals surface area contributed by atoms with Crippen LogP contribution in [-0.4, -0.2) is 23.6 Å². The molecule has 1 aliphatic rings. The second-order valence-electron chi connectivity index (χ2n) is 6.64. The van der Waals surface area contributed by atoms with Gasteiger partial charge in [0.05, 0.1) is 6.21 Å². The standard InChI is InChI=1S/C22H21N3OS/c26-22(24-23-14-21-6-3-13-27-21)19-9-7-17(8-10-19)15-25-12-11-18-4-1-2-5-20(18)16-25/h1-10,13-14H,11-12,15-16H2,(H,24,26). The summed E-state index contributed by atoms with van der Waals surface area (Å²) in [5.41, 5.74) is 7.29. The van der Waals surface area contributed by atoms with Crippen LogP contribution in [0.15, 0.2) is 71.1 Å².